The second kappa shape index (κ2) is 7.14. The van der Waals surface area contributed by atoms with Crippen LogP contribution in [0.15, 0.2) is 18.2 Å². The fraction of sp³-hybridized carbons (Fsp3) is 0.500. The van der Waals surface area contributed by atoms with Gasteiger partial charge in [0.15, 0.2) is 0 Å². The van der Waals surface area contributed by atoms with E-state index in [2.05, 4.69) is 10.2 Å². The Bertz CT molecular complexity index is 527. The minimum atomic E-state index is -0.469. The number of hydrogen-bond acceptors (Lipinski definition) is 5. The number of non-ortho nitro benzene ring substituents is 1. The van der Waals surface area contributed by atoms with E-state index >= 15 is 0 Å². The Morgan fingerprint density at radius 1 is 1.43 bits per heavy atom. The molecular formula is C14H19N3O4. The average Bonchev–Trinajstić information content (AvgIpc) is 2.48. The molecule has 1 aromatic carbocycles. The number of carbonyl (C=O) groups excluding carboxylic acids is 1. The molecule has 21 heavy (non-hydrogen) atoms. The quantitative estimate of drug-likeness (QED) is 0.658. The van der Waals surface area contributed by atoms with Gasteiger partial charge < -0.3 is 10.1 Å². The van der Waals surface area contributed by atoms with Crippen molar-refractivity contribution in [1.29, 1.82) is 0 Å². The van der Waals surface area contributed by atoms with E-state index in [-0.39, 0.29) is 11.6 Å². The summed E-state index contributed by atoms with van der Waals surface area (Å²) in [7, 11) is 0. The first-order valence-electron chi connectivity index (χ1n) is 6.91. The molecule has 1 amide bonds. The number of amides is 1. The number of morpholine rings is 1. The van der Waals surface area contributed by atoms with Gasteiger partial charge >= 0.3 is 0 Å². The normalized spacial score (nSPS) is 15.7. The predicted octanol–water partition coefficient (Wildman–Crippen LogP) is 1.56. The molecule has 114 valence electrons. The zero-order valence-corrected chi connectivity index (χ0v) is 12.0. The van der Waals surface area contributed by atoms with Crippen molar-refractivity contribution in [2.24, 2.45) is 0 Å². The van der Waals surface area contributed by atoms with E-state index in [1.807, 2.05) is 0 Å². The van der Waals surface area contributed by atoms with Gasteiger partial charge in [-0.2, -0.15) is 0 Å². The number of benzene rings is 1. The molecule has 1 aliphatic heterocycles. The molecule has 0 aromatic heterocycles. The van der Waals surface area contributed by atoms with Crippen LogP contribution in [0.3, 0.4) is 0 Å². The summed E-state index contributed by atoms with van der Waals surface area (Å²) < 4.78 is 5.25. The summed E-state index contributed by atoms with van der Waals surface area (Å²) in [4.78, 5) is 24.4. The summed E-state index contributed by atoms with van der Waals surface area (Å²) in [6.07, 6.45) is 0.363. The number of nitro groups is 1. The van der Waals surface area contributed by atoms with Gasteiger partial charge in [0.2, 0.25) is 5.91 Å². The summed E-state index contributed by atoms with van der Waals surface area (Å²) in [6, 6.07) is 4.45. The van der Waals surface area contributed by atoms with E-state index in [1.54, 1.807) is 13.0 Å². The van der Waals surface area contributed by atoms with E-state index in [1.165, 1.54) is 12.1 Å². The lowest BCUT2D eigenvalue weighted by Crippen LogP contribution is -2.38. The molecule has 0 aliphatic carbocycles. The van der Waals surface area contributed by atoms with E-state index in [9.17, 15) is 14.9 Å². The number of anilines is 1. The third-order valence-electron chi connectivity index (χ3n) is 3.46. The van der Waals surface area contributed by atoms with Crippen LogP contribution in [0.25, 0.3) is 0 Å². The molecule has 0 spiro atoms. The zero-order valence-electron chi connectivity index (χ0n) is 12.0. The summed E-state index contributed by atoms with van der Waals surface area (Å²) in [6.45, 7) is 5.55. The van der Waals surface area contributed by atoms with Crippen LogP contribution in [0.4, 0.5) is 11.4 Å². The van der Waals surface area contributed by atoms with Gasteiger partial charge in [0.1, 0.15) is 0 Å². The van der Waals surface area contributed by atoms with Gasteiger partial charge in [0.25, 0.3) is 5.69 Å². The van der Waals surface area contributed by atoms with Gasteiger partial charge in [-0.05, 0) is 12.5 Å². The first-order chi connectivity index (χ1) is 10.1. The largest absolute Gasteiger partial charge is 0.379 e. The fourth-order valence-electron chi connectivity index (χ4n) is 2.16. The van der Waals surface area contributed by atoms with Gasteiger partial charge in [0.05, 0.1) is 23.8 Å². The van der Waals surface area contributed by atoms with Crippen LogP contribution >= 0.6 is 0 Å². The Morgan fingerprint density at radius 3 is 2.81 bits per heavy atom. The van der Waals surface area contributed by atoms with E-state index in [4.69, 9.17) is 4.74 Å². The van der Waals surface area contributed by atoms with Crippen molar-refractivity contribution in [2.45, 2.75) is 13.3 Å². The number of aryl methyl sites for hydroxylation is 1. The number of nitrogens with one attached hydrogen (secondary N) is 1. The molecule has 0 atom stereocenters. The van der Waals surface area contributed by atoms with Crippen LogP contribution in [-0.2, 0) is 9.53 Å². The third kappa shape index (κ3) is 4.51. The molecule has 1 aliphatic rings. The molecule has 1 saturated heterocycles. The van der Waals surface area contributed by atoms with Crippen molar-refractivity contribution in [1.82, 2.24) is 4.90 Å². The monoisotopic (exact) mass is 293 g/mol. The second-order valence-electron chi connectivity index (χ2n) is 5.01. The molecule has 7 heteroatoms. The van der Waals surface area contributed by atoms with Crippen molar-refractivity contribution in [2.75, 3.05) is 38.2 Å². The SMILES string of the molecule is Cc1ccc([N+](=O)[O-])cc1NC(=O)CCN1CCOCC1. The third-order valence-corrected chi connectivity index (χ3v) is 3.46. The highest BCUT2D eigenvalue weighted by atomic mass is 16.6. The molecule has 0 radical (unpaired) electrons. The molecule has 2 rings (SSSR count). The van der Waals surface area contributed by atoms with Crippen LogP contribution in [-0.4, -0.2) is 48.6 Å². The van der Waals surface area contributed by atoms with Crippen LogP contribution in [0.1, 0.15) is 12.0 Å². The van der Waals surface area contributed by atoms with Crippen LogP contribution in [0, 0.1) is 17.0 Å². The Balaban J connectivity index is 1.89. The smallest absolute Gasteiger partial charge is 0.271 e. The highest BCUT2D eigenvalue weighted by Crippen LogP contribution is 2.21. The molecule has 1 N–H and O–H groups in total. The summed E-state index contributed by atoms with van der Waals surface area (Å²) in [5, 5.41) is 13.5. The van der Waals surface area contributed by atoms with Gasteiger partial charge in [-0.3, -0.25) is 19.8 Å². The minimum Gasteiger partial charge on any atom is -0.379 e. The van der Waals surface area contributed by atoms with Crippen molar-refractivity contribution < 1.29 is 14.5 Å². The van der Waals surface area contributed by atoms with Gasteiger partial charge in [-0.25, -0.2) is 0 Å². The molecule has 0 bridgehead atoms. The fourth-order valence-corrected chi connectivity index (χ4v) is 2.16. The van der Waals surface area contributed by atoms with E-state index < -0.39 is 4.92 Å². The van der Waals surface area contributed by atoms with E-state index in [0.29, 0.717) is 31.9 Å². The highest BCUT2D eigenvalue weighted by Gasteiger charge is 2.14. The maximum absolute atomic E-state index is 11.9. The van der Waals surface area contributed by atoms with Crippen molar-refractivity contribution >= 4 is 17.3 Å². The number of nitrogens with zero attached hydrogens (tertiary/aromatic N) is 2. The lowest BCUT2D eigenvalue weighted by atomic mass is 10.1. The Kier molecular flexibility index (Phi) is 5.24. The molecule has 1 heterocycles. The second-order valence-corrected chi connectivity index (χ2v) is 5.01. The molecule has 1 aromatic rings. The van der Waals surface area contributed by atoms with Gasteiger partial charge in [-0.1, -0.05) is 6.07 Å². The van der Waals surface area contributed by atoms with Gasteiger partial charge in [-0.15, -0.1) is 0 Å². The standard InChI is InChI=1S/C14H19N3O4/c1-11-2-3-12(17(19)20)10-13(11)15-14(18)4-5-16-6-8-21-9-7-16/h2-3,10H,4-9H2,1H3,(H,15,18). The molecule has 0 saturated carbocycles. The van der Waals surface area contributed by atoms with Gasteiger partial charge in [0, 0.05) is 38.2 Å². The highest BCUT2D eigenvalue weighted by molar-refractivity contribution is 5.92. The predicted molar refractivity (Wildman–Crippen MR) is 78.3 cm³/mol. The summed E-state index contributed by atoms with van der Waals surface area (Å²) in [5.74, 6) is -0.134. The Hall–Kier alpha value is -1.99. The average molecular weight is 293 g/mol. The van der Waals surface area contributed by atoms with Crippen molar-refractivity contribution in [3.05, 3.63) is 33.9 Å². The first-order valence-corrected chi connectivity index (χ1v) is 6.91. The molecular weight excluding hydrogens is 274 g/mol. The number of rotatable bonds is 5. The van der Waals surface area contributed by atoms with Crippen molar-refractivity contribution in [3.63, 3.8) is 0 Å². The molecule has 0 unspecified atom stereocenters. The first kappa shape index (κ1) is 15.4. The summed E-state index contributed by atoms with van der Waals surface area (Å²) in [5.41, 5.74) is 1.28. The summed E-state index contributed by atoms with van der Waals surface area (Å²) >= 11 is 0. The van der Waals surface area contributed by atoms with Crippen LogP contribution in [0.2, 0.25) is 0 Å². The van der Waals surface area contributed by atoms with Crippen LogP contribution in [0.5, 0.6) is 0 Å². The minimum absolute atomic E-state index is 0.0240. The maximum atomic E-state index is 11.9. The lowest BCUT2D eigenvalue weighted by Gasteiger charge is -2.26. The topological polar surface area (TPSA) is 84.7 Å². The van der Waals surface area contributed by atoms with Crippen molar-refractivity contribution in [3.8, 4) is 0 Å². The number of carbonyl (C=O) groups is 1. The zero-order chi connectivity index (χ0) is 15.2. The number of ether oxygens (including phenoxy) is 1. The van der Waals surface area contributed by atoms with Crippen LogP contribution < -0.4 is 5.32 Å². The Labute approximate surface area is 123 Å². The number of nitro benzene ring substituents is 1. The lowest BCUT2D eigenvalue weighted by molar-refractivity contribution is -0.384. The maximum Gasteiger partial charge on any atom is 0.271 e. The molecule has 7 nitrogen and oxygen atoms in total. The number of hydrogen-bond donors (Lipinski definition) is 1. The molecule has 1 fully saturated rings. The Morgan fingerprint density at radius 2 is 2.14 bits per heavy atom. The van der Waals surface area contributed by atoms with E-state index in [0.717, 1.165) is 18.7 Å².